The van der Waals surface area contributed by atoms with Crippen molar-refractivity contribution in [2.24, 2.45) is 0 Å². The predicted octanol–water partition coefficient (Wildman–Crippen LogP) is 6.16. The van der Waals surface area contributed by atoms with Gasteiger partial charge in [0.15, 0.2) is 6.04 Å². The van der Waals surface area contributed by atoms with E-state index in [-0.39, 0.29) is 17.1 Å². The van der Waals surface area contributed by atoms with Crippen LogP contribution < -0.4 is 10.2 Å². The average molecular weight is 585 g/mol. The van der Waals surface area contributed by atoms with Gasteiger partial charge in [0.1, 0.15) is 11.6 Å². The maximum atomic E-state index is 15.2. The minimum absolute atomic E-state index is 0.0888. The number of alkyl halides is 2. The van der Waals surface area contributed by atoms with Crippen LogP contribution in [0.3, 0.4) is 0 Å². The van der Waals surface area contributed by atoms with Crippen LogP contribution in [-0.2, 0) is 19.7 Å². The van der Waals surface area contributed by atoms with Crippen LogP contribution in [0.15, 0.2) is 48.8 Å². The van der Waals surface area contributed by atoms with Crippen LogP contribution >= 0.6 is 0 Å². The van der Waals surface area contributed by atoms with Crippen LogP contribution in [0.1, 0.15) is 90.8 Å². The Morgan fingerprint density at radius 3 is 2.19 bits per heavy atom. The van der Waals surface area contributed by atoms with Gasteiger partial charge in [0.25, 0.3) is 11.8 Å². The fraction of sp³-hybridized carbons (Fsp3) is 0.562. The Morgan fingerprint density at radius 2 is 1.67 bits per heavy atom. The molecule has 1 aliphatic carbocycles. The van der Waals surface area contributed by atoms with Crippen LogP contribution in [0, 0.1) is 0 Å². The largest absolute Gasteiger partial charge is 0.444 e. The topological polar surface area (TPSA) is 91.8 Å². The summed E-state index contributed by atoms with van der Waals surface area (Å²) in [6, 6.07) is 6.70. The molecular weight excluding hydrogens is 542 g/mol. The van der Waals surface area contributed by atoms with Gasteiger partial charge in [0, 0.05) is 29.7 Å². The summed E-state index contributed by atoms with van der Waals surface area (Å²) in [6.45, 7) is 10.0. The van der Waals surface area contributed by atoms with E-state index in [1.807, 2.05) is 32.9 Å². The number of pyridine rings is 1. The third-order valence-corrected chi connectivity index (χ3v) is 7.66. The molecule has 3 amide bonds. The number of nitrogens with zero attached hydrogens (tertiary/aromatic N) is 3. The van der Waals surface area contributed by atoms with Gasteiger partial charge >= 0.3 is 6.09 Å². The van der Waals surface area contributed by atoms with Crippen molar-refractivity contribution in [2.75, 3.05) is 11.4 Å². The zero-order valence-electron chi connectivity index (χ0n) is 25.3. The Kier molecular flexibility index (Phi) is 8.94. The number of halogens is 2. The van der Waals surface area contributed by atoms with Gasteiger partial charge in [-0.15, -0.1) is 0 Å². The molecule has 1 aromatic heterocycles. The number of hydrogen-bond acceptors (Lipinski definition) is 5. The van der Waals surface area contributed by atoms with Crippen LogP contribution in [0.2, 0.25) is 0 Å². The van der Waals surface area contributed by atoms with Crippen molar-refractivity contribution in [2.45, 2.75) is 109 Å². The molecule has 10 heteroatoms. The molecule has 0 spiro atoms. The number of rotatable bonds is 6. The monoisotopic (exact) mass is 584 g/mol. The van der Waals surface area contributed by atoms with Crippen LogP contribution in [0.5, 0.6) is 0 Å². The number of nitrogens with one attached hydrogen (secondary N) is 1. The zero-order valence-corrected chi connectivity index (χ0v) is 25.3. The minimum Gasteiger partial charge on any atom is -0.444 e. The summed E-state index contributed by atoms with van der Waals surface area (Å²) in [5.41, 5.74) is 0.435. The molecule has 2 aliphatic rings. The third kappa shape index (κ3) is 7.07. The zero-order chi connectivity index (χ0) is 30.9. The minimum atomic E-state index is -3.52. The summed E-state index contributed by atoms with van der Waals surface area (Å²) < 4.78 is 35.8. The van der Waals surface area contributed by atoms with Gasteiger partial charge in [0.05, 0.1) is 6.54 Å². The summed E-state index contributed by atoms with van der Waals surface area (Å²) >= 11 is 0. The highest BCUT2D eigenvalue weighted by Gasteiger charge is 2.63. The first-order chi connectivity index (χ1) is 19.6. The highest BCUT2D eigenvalue weighted by molar-refractivity contribution is 6.05. The number of carbonyl (C=O) groups is 3. The van der Waals surface area contributed by atoms with E-state index >= 15 is 8.78 Å². The van der Waals surface area contributed by atoms with E-state index < -0.39 is 48.1 Å². The number of hydrogen-bond donors (Lipinski definition) is 1. The smallest absolute Gasteiger partial charge is 0.411 e. The molecule has 2 aromatic rings. The van der Waals surface area contributed by atoms with E-state index in [9.17, 15) is 14.4 Å². The first kappa shape index (κ1) is 31.4. The Hall–Kier alpha value is -3.56. The van der Waals surface area contributed by atoms with Crippen LogP contribution in [0.25, 0.3) is 0 Å². The molecule has 0 bridgehead atoms. The van der Waals surface area contributed by atoms with Gasteiger partial charge in [-0.2, -0.15) is 0 Å². The lowest BCUT2D eigenvalue weighted by atomic mass is 9.87. The standard InChI is InChI=1S/C32H42F2N4O4/c1-30(2,3)22-14-16-24(17-15-22)38(28(40)26-32(33,34)20-37(26)29(41)42-31(4,5)6)25(21-11-10-18-35-19-21)27(39)36-23-12-8-7-9-13-23/h10-11,14-19,23,25-26H,7-9,12-13,20H2,1-6H3,(H,36,39)/t25?,26-/m0/s1. The molecule has 4 rings (SSSR count). The molecule has 2 heterocycles. The van der Waals surface area contributed by atoms with E-state index in [0.29, 0.717) is 5.56 Å². The number of amides is 3. The Labute approximate surface area is 246 Å². The van der Waals surface area contributed by atoms with E-state index in [4.69, 9.17) is 4.74 Å². The quantitative estimate of drug-likeness (QED) is 0.439. The number of carbonyl (C=O) groups excluding carboxylic acids is 3. The fourth-order valence-electron chi connectivity index (χ4n) is 5.46. The van der Waals surface area contributed by atoms with Gasteiger partial charge in [-0.05, 0) is 62.8 Å². The number of aromatic nitrogens is 1. The van der Waals surface area contributed by atoms with Crippen molar-refractivity contribution >= 4 is 23.6 Å². The Morgan fingerprint density at radius 1 is 1.02 bits per heavy atom. The SMILES string of the molecule is CC(C)(C)OC(=O)N1CC(F)(F)[C@@H]1C(=O)N(c1ccc(C(C)(C)C)cc1)C(C(=O)NC1CCCCC1)c1cccnc1. The van der Waals surface area contributed by atoms with Crippen molar-refractivity contribution in [1.82, 2.24) is 15.2 Å². The molecular formula is C32H42F2N4O4. The first-order valence-electron chi connectivity index (χ1n) is 14.6. The van der Waals surface area contributed by atoms with Gasteiger partial charge in [-0.25, -0.2) is 13.6 Å². The maximum Gasteiger partial charge on any atom is 0.411 e. The molecule has 1 saturated heterocycles. The van der Waals surface area contributed by atoms with Gasteiger partial charge in [0.2, 0.25) is 5.91 Å². The molecule has 228 valence electrons. The maximum absolute atomic E-state index is 15.2. The van der Waals surface area contributed by atoms with Gasteiger partial charge in [-0.3, -0.25) is 24.4 Å². The van der Waals surface area contributed by atoms with Crippen molar-refractivity contribution in [3.63, 3.8) is 0 Å². The lowest BCUT2D eigenvalue weighted by molar-refractivity contribution is -0.183. The predicted molar refractivity (Wildman–Crippen MR) is 156 cm³/mol. The van der Waals surface area contributed by atoms with Crippen LogP contribution in [-0.4, -0.2) is 57.9 Å². The van der Waals surface area contributed by atoms with Gasteiger partial charge < -0.3 is 10.1 Å². The molecule has 8 nitrogen and oxygen atoms in total. The number of benzene rings is 1. The molecule has 1 N–H and O–H groups in total. The molecule has 1 unspecified atom stereocenters. The van der Waals surface area contributed by atoms with Crippen molar-refractivity contribution in [3.8, 4) is 0 Å². The molecule has 2 fully saturated rings. The molecule has 1 aliphatic heterocycles. The van der Waals surface area contributed by atoms with Crippen molar-refractivity contribution < 1.29 is 27.9 Å². The molecule has 1 saturated carbocycles. The first-order valence-corrected chi connectivity index (χ1v) is 14.6. The highest BCUT2D eigenvalue weighted by atomic mass is 19.3. The second-order valence-electron chi connectivity index (χ2n) is 13.3. The molecule has 0 radical (unpaired) electrons. The lowest BCUT2D eigenvalue weighted by Gasteiger charge is -2.48. The second kappa shape index (κ2) is 12.0. The number of ether oxygens (including phenoxy) is 1. The summed E-state index contributed by atoms with van der Waals surface area (Å²) in [5.74, 6) is -5.08. The lowest BCUT2D eigenvalue weighted by Crippen LogP contribution is -2.73. The van der Waals surface area contributed by atoms with Crippen molar-refractivity contribution in [1.29, 1.82) is 0 Å². The Balaban J connectivity index is 1.80. The van der Waals surface area contributed by atoms with Crippen molar-refractivity contribution in [3.05, 3.63) is 59.9 Å². The van der Waals surface area contributed by atoms with E-state index in [2.05, 4.69) is 10.3 Å². The molecule has 42 heavy (non-hydrogen) atoms. The molecule has 2 atom stereocenters. The Bertz CT molecular complexity index is 1270. The number of likely N-dealkylation sites (tertiary alicyclic amines) is 1. The van der Waals surface area contributed by atoms with Crippen LogP contribution in [0.4, 0.5) is 19.3 Å². The number of anilines is 1. The summed E-state index contributed by atoms with van der Waals surface area (Å²) in [5, 5.41) is 3.07. The second-order valence-corrected chi connectivity index (χ2v) is 13.3. The summed E-state index contributed by atoms with van der Waals surface area (Å²) in [6.07, 6.45) is 6.60. The van der Waals surface area contributed by atoms with E-state index in [0.717, 1.165) is 47.5 Å². The van der Waals surface area contributed by atoms with E-state index in [1.165, 1.54) is 12.4 Å². The molecule has 1 aromatic carbocycles. The van der Waals surface area contributed by atoms with E-state index in [1.54, 1.807) is 45.0 Å². The summed E-state index contributed by atoms with van der Waals surface area (Å²) in [7, 11) is 0. The highest BCUT2D eigenvalue weighted by Crippen LogP contribution is 2.40. The average Bonchev–Trinajstić information content (AvgIpc) is 2.90. The normalized spacial score (nSPS) is 19.8. The summed E-state index contributed by atoms with van der Waals surface area (Å²) in [4.78, 5) is 47.2. The third-order valence-electron chi connectivity index (χ3n) is 7.66. The van der Waals surface area contributed by atoms with Gasteiger partial charge in [-0.1, -0.05) is 58.2 Å². The fourth-order valence-corrected chi connectivity index (χ4v) is 5.46.